The van der Waals surface area contributed by atoms with E-state index >= 15 is 0 Å². The van der Waals surface area contributed by atoms with Crippen LogP contribution in [0.15, 0.2) is 78.9 Å². The van der Waals surface area contributed by atoms with Gasteiger partial charge in [0.15, 0.2) is 6.61 Å². The van der Waals surface area contributed by atoms with Gasteiger partial charge in [0.05, 0.1) is 7.11 Å². The molecule has 3 aromatic rings. The lowest BCUT2D eigenvalue weighted by molar-refractivity contribution is -0.118. The quantitative estimate of drug-likeness (QED) is 0.682. The average molecular weight is 349 g/mol. The Hall–Kier alpha value is -3.47. The van der Waals surface area contributed by atoms with Gasteiger partial charge in [0, 0.05) is 5.69 Å². The molecule has 3 aromatic carbocycles. The number of carbonyl (C=O) groups is 1. The SMILES string of the molecule is COc1ccc(NC(=O)COc2ccc(Oc3ccccc3)cc2)cc1. The van der Waals surface area contributed by atoms with Gasteiger partial charge < -0.3 is 19.5 Å². The number of rotatable bonds is 7. The van der Waals surface area contributed by atoms with E-state index in [1.165, 1.54) is 0 Å². The van der Waals surface area contributed by atoms with Crippen LogP contribution in [0.1, 0.15) is 0 Å². The molecule has 5 nitrogen and oxygen atoms in total. The number of hydrogen-bond donors (Lipinski definition) is 1. The van der Waals surface area contributed by atoms with Crippen molar-refractivity contribution < 1.29 is 19.0 Å². The van der Waals surface area contributed by atoms with Gasteiger partial charge in [0.1, 0.15) is 23.0 Å². The zero-order valence-electron chi connectivity index (χ0n) is 14.3. The van der Waals surface area contributed by atoms with Crippen LogP contribution in [0, 0.1) is 0 Å². The van der Waals surface area contributed by atoms with Crippen molar-refractivity contribution in [3.8, 4) is 23.0 Å². The Morgan fingerprint density at radius 1 is 0.769 bits per heavy atom. The fourth-order valence-electron chi connectivity index (χ4n) is 2.25. The zero-order valence-corrected chi connectivity index (χ0v) is 14.3. The van der Waals surface area contributed by atoms with E-state index in [1.807, 2.05) is 30.3 Å². The summed E-state index contributed by atoms with van der Waals surface area (Å²) in [6, 6.07) is 23.7. The predicted molar refractivity (Wildman–Crippen MR) is 100 cm³/mol. The van der Waals surface area contributed by atoms with Crippen molar-refractivity contribution in [3.63, 3.8) is 0 Å². The second-order valence-electron chi connectivity index (χ2n) is 5.45. The van der Waals surface area contributed by atoms with Crippen molar-refractivity contribution in [2.24, 2.45) is 0 Å². The summed E-state index contributed by atoms with van der Waals surface area (Å²) in [6.45, 7) is -0.0785. The fraction of sp³-hybridized carbons (Fsp3) is 0.0952. The van der Waals surface area contributed by atoms with Gasteiger partial charge in [-0.15, -0.1) is 0 Å². The number of hydrogen-bond acceptors (Lipinski definition) is 4. The fourth-order valence-corrected chi connectivity index (χ4v) is 2.25. The van der Waals surface area contributed by atoms with E-state index in [0.717, 1.165) is 11.5 Å². The molecule has 5 heteroatoms. The van der Waals surface area contributed by atoms with Crippen LogP contribution in [0.4, 0.5) is 5.69 Å². The van der Waals surface area contributed by atoms with Crippen molar-refractivity contribution >= 4 is 11.6 Å². The largest absolute Gasteiger partial charge is 0.497 e. The third-order valence-corrected chi connectivity index (χ3v) is 3.55. The highest BCUT2D eigenvalue weighted by Crippen LogP contribution is 2.23. The molecule has 1 amide bonds. The van der Waals surface area contributed by atoms with Crippen LogP contribution in [0.3, 0.4) is 0 Å². The van der Waals surface area contributed by atoms with Gasteiger partial charge in [-0.1, -0.05) is 18.2 Å². The minimum Gasteiger partial charge on any atom is -0.497 e. The normalized spacial score (nSPS) is 10.0. The van der Waals surface area contributed by atoms with E-state index in [0.29, 0.717) is 17.2 Å². The van der Waals surface area contributed by atoms with E-state index < -0.39 is 0 Å². The Balaban J connectivity index is 1.48. The Kier molecular flexibility index (Phi) is 5.72. The molecule has 0 saturated carbocycles. The molecule has 0 aliphatic rings. The smallest absolute Gasteiger partial charge is 0.262 e. The van der Waals surface area contributed by atoms with E-state index in [4.69, 9.17) is 14.2 Å². The first-order chi connectivity index (χ1) is 12.7. The first kappa shape index (κ1) is 17.4. The number of anilines is 1. The molecule has 0 atom stereocenters. The van der Waals surface area contributed by atoms with Crippen LogP contribution < -0.4 is 19.5 Å². The van der Waals surface area contributed by atoms with Crippen molar-refractivity contribution in [2.75, 3.05) is 19.0 Å². The number of carbonyl (C=O) groups excluding carboxylic acids is 1. The summed E-state index contributed by atoms with van der Waals surface area (Å²) < 4.78 is 16.3. The van der Waals surface area contributed by atoms with E-state index in [-0.39, 0.29) is 12.5 Å². The number of para-hydroxylation sites is 1. The Bertz CT molecular complexity index is 830. The van der Waals surface area contributed by atoms with Crippen molar-refractivity contribution in [1.29, 1.82) is 0 Å². The van der Waals surface area contributed by atoms with Gasteiger partial charge in [-0.3, -0.25) is 4.79 Å². The van der Waals surface area contributed by atoms with Crippen LogP contribution in [-0.2, 0) is 4.79 Å². The number of amides is 1. The summed E-state index contributed by atoms with van der Waals surface area (Å²) in [6.07, 6.45) is 0. The first-order valence-electron chi connectivity index (χ1n) is 8.12. The molecule has 0 radical (unpaired) electrons. The second-order valence-corrected chi connectivity index (χ2v) is 5.45. The number of methoxy groups -OCH3 is 1. The third-order valence-electron chi connectivity index (χ3n) is 3.55. The van der Waals surface area contributed by atoms with Gasteiger partial charge in [0.25, 0.3) is 5.91 Å². The van der Waals surface area contributed by atoms with Gasteiger partial charge >= 0.3 is 0 Å². The molecular weight excluding hydrogens is 330 g/mol. The van der Waals surface area contributed by atoms with Crippen LogP contribution in [0.5, 0.6) is 23.0 Å². The lowest BCUT2D eigenvalue weighted by Crippen LogP contribution is -2.20. The summed E-state index contributed by atoms with van der Waals surface area (Å²) in [5, 5.41) is 2.76. The minimum atomic E-state index is -0.236. The lowest BCUT2D eigenvalue weighted by atomic mass is 10.3. The molecule has 0 unspecified atom stereocenters. The van der Waals surface area contributed by atoms with Gasteiger partial charge in [-0.25, -0.2) is 0 Å². The topological polar surface area (TPSA) is 56.8 Å². The monoisotopic (exact) mass is 349 g/mol. The Morgan fingerprint density at radius 2 is 1.35 bits per heavy atom. The molecule has 132 valence electrons. The molecule has 0 fully saturated rings. The van der Waals surface area contributed by atoms with Crippen LogP contribution in [0.2, 0.25) is 0 Å². The third kappa shape index (κ3) is 5.01. The maximum Gasteiger partial charge on any atom is 0.262 e. The predicted octanol–water partition coefficient (Wildman–Crippen LogP) is 4.51. The zero-order chi connectivity index (χ0) is 18.2. The molecule has 26 heavy (non-hydrogen) atoms. The first-order valence-corrected chi connectivity index (χ1v) is 8.12. The summed E-state index contributed by atoms with van der Waals surface area (Å²) in [7, 11) is 1.59. The molecule has 3 rings (SSSR count). The van der Waals surface area contributed by atoms with E-state index in [2.05, 4.69) is 5.32 Å². The lowest BCUT2D eigenvalue weighted by Gasteiger charge is -2.09. The Labute approximate surface area is 152 Å². The van der Waals surface area contributed by atoms with Gasteiger partial charge in [-0.05, 0) is 60.7 Å². The van der Waals surface area contributed by atoms with Crippen LogP contribution in [-0.4, -0.2) is 19.6 Å². The number of nitrogens with one attached hydrogen (secondary N) is 1. The molecular formula is C21H19NO4. The molecule has 0 heterocycles. The van der Waals surface area contributed by atoms with Gasteiger partial charge in [0.2, 0.25) is 0 Å². The van der Waals surface area contributed by atoms with Gasteiger partial charge in [-0.2, -0.15) is 0 Å². The molecule has 0 aliphatic heterocycles. The summed E-state index contributed by atoms with van der Waals surface area (Å²) >= 11 is 0. The summed E-state index contributed by atoms with van der Waals surface area (Å²) in [5.41, 5.74) is 0.686. The van der Waals surface area contributed by atoms with E-state index in [9.17, 15) is 4.79 Å². The standard InChI is InChI=1S/C21H19NO4/c1-24-17-9-7-16(8-10-17)22-21(23)15-25-18-11-13-20(14-12-18)26-19-5-3-2-4-6-19/h2-14H,15H2,1H3,(H,22,23). The number of ether oxygens (including phenoxy) is 3. The highest BCUT2D eigenvalue weighted by molar-refractivity contribution is 5.91. The number of benzene rings is 3. The highest BCUT2D eigenvalue weighted by atomic mass is 16.5. The highest BCUT2D eigenvalue weighted by Gasteiger charge is 2.05. The second kappa shape index (κ2) is 8.58. The summed E-state index contributed by atoms with van der Waals surface area (Å²) in [5.74, 6) is 2.55. The molecule has 1 N–H and O–H groups in total. The maximum absolute atomic E-state index is 12.0. The summed E-state index contributed by atoms with van der Waals surface area (Å²) in [4.78, 5) is 12.0. The van der Waals surface area contributed by atoms with Crippen LogP contribution in [0.25, 0.3) is 0 Å². The molecule has 0 saturated heterocycles. The van der Waals surface area contributed by atoms with E-state index in [1.54, 1.807) is 55.6 Å². The van der Waals surface area contributed by atoms with Crippen LogP contribution >= 0.6 is 0 Å². The molecule has 0 spiro atoms. The minimum absolute atomic E-state index is 0.0785. The van der Waals surface area contributed by atoms with Crippen molar-refractivity contribution in [2.45, 2.75) is 0 Å². The van der Waals surface area contributed by atoms with Crippen molar-refractivity contribution in [1.82, 2.24) is 0 Å². The average Bonchev–Trinajstić information content (AvgIpc) is 2.69. The molecule has 0 aliphatic carbocycles. The molecule has 0 bridgehead atoms. The Morgan fingerprint density at radius 3 is 2.00 bits per heavy atom. The maximum atomic E-state index is 12.0. The van der Waals surface area contributed by atoms with Crippen molar-refractivity contribution in [3.05, 3.63) is 78.9 Å². The molecule has 0 aromatic heterocycles.